The Labute approximate surface area is 226 Å². The van der Waals surface area contributed by atoms with Crippen LogP contribution in [0.15, 0.2) is 36.4 Å². The fourth-order valence-corrected chi connectivity index (χ4v) is 4.26. The Balaban J connectivity index is 2.00. The number of rotatable bonds is 7. The Kier molecular flexibility index (Phi) is 8.68. The number of carbonyl (C=O) groups is 3. The number of esters is 1. The molecule has 0 aliphatic carbocycles. The average Bonchev–Trinajstić information content (AvgIpc) is 3.12. The van der Waals surface area contributed by atoms with E-state index in [9.17, 15) is 27.6 Å². The zero-order valence-corrected chi connectivity index (χ0v) is 22.5. The number of hydrogen-bond donors (Lipinski definition) is 1. The Morgan fingerprint density at radius 1 is 1.03 bits per heavy atom. The molecule has 1 heterocycles. The van der Waals surface area contributed by atoms with E-state index in [4.69, 9.17) is 32.7 Å². The molecule has 2 aromatic carbocycles. The molecule has 7 nitrogen and oxygen atoms in total. The molecule has 0 saturated carbocycles. The summed E-state index contributed by atoms with van der Waals surface area (Å²) in [6, 6.07) is 6.73. The van der Waals surface area contributed by atoms with Gasteiger partial charge in [0.25, 0.3) is 0 Å². The highest BCUT2D eigenvalue weighted by atomic mass is 35.5. The van der Waals surface area contributed by atoms with Gasteiger partial charge < -0.3 is 14.8 Å². The third-order valence-electron chi connectivity index (χ3n) is 5.22. The summed E-state index contributed by atoms with van der Waals surface area (Å²) in [7, 11) is 0. The zero-order chi connectivity index (χ0) is 28.4. The van der Waals surface area contributed by atoms with Crippen LogP contribution in [0.5, 0.6) is 0 Å². The van der Waals surface area contributed by atoms with E-state index in [1.807, 2.05) is 0 Å². The van der Waals surface area contributed by atoms with Crippen molar-refractivity contribution in [2.24, 2.45) is 0 Å². The second kappa shape index (κ2) is 11.2. The van der Waals surface area contributed by atoms with Gasteiger partial charge in [0.2, 0.25) is 0 Å². The summed E-state index contributed by atoms with van der Waals surface area (Å²) in [4.78, 5) is 38.8. The number of carbonyl (C=O) groups excluding carboxylic acids is 3. The molecule has 1 aromatic heterocycles. The first kappa shape index (κ1) is 29.3. The highest BCUT2D eigenvalue weighted by Gasteiger charge is 2.32. The molecule has 0 bridgehead atoms. The highest BCUT2D eigenvalue weighted by molar-refractivity contribution is 6.40. The number of alkyl halides is 3. The topological polar surface area (TPSA) is 86.6 Å². The molecule has 204 valence electrons. The van der Waals surface area contributed by atoms with Gasteiger partial charge in [0.1, 0.15) is 5.60 Å². The smallest absolute Gasteiger partial charge is 0.419 e. The van der Waals surface area contributed by atoms with Crippen LogP contribution in [0.3, 0.4) is 0 Å². The maximum atomic E-state index is 13.2. The van der Waals surface area contributed by atoms with Crippen molar-refractivity contribution < 1.29 is 37.0 Å². The number of ether oxygens (including phenoxy) is 2. The minimum absolute atomic E-state index is 0.00894. The lowest BCUT2D eigenvalue weighted by Crippen LogP contribution is -2.29. The highest BCUT2D eigenvalue weighted by Crippen LogP contribution is 2.39. The number of nitrogens with zero attached hydrogens (tertiary/aromatic N) is 1. The molecule has 0 spiro atoms. The van der Waals surface area contributed by atoms with Crippen molar-refractivity contribution in [1.82, 2.24) is 4.57 Å². The number of aromatic nitrogens is 1. The molecule has 1 N–H and O–H groups in total. The standard InChI is InChI=1S/C26H25Cl2F3N2O5/c1-5-37-23(35)22-21(32-11-10-19(34)14-6-8-15(9-7-14)26(29,30)31)20-17(28)12-16(27)13-18(20)33(22)24(36)38-25(2,3)4/h6-9,12-13,32H,5,10-11H2,1-4H3. The van der Waals surface area contributed by atoms with Crippen LogP contribution in [0.25, 0.3) is 10.9 Å². The molecular formula is C26H25Cl2F3N2O5. The number of ketones is 1. The van der Waals surface area contributed by atoms with Crippen molar-refractivity contribution in [1.29, 1.82) is 0 Å². The van der Waals surface area contributed by atoms with Crippen LogP contribution in [0, 0.1) is 0 Å². The Morgan fingerprint density at radius 3 is 2.21 bits per heavy atom. The number of nitrogens with one attached hydrogen (secondary N) is 1. The van der Waals surface area contributed by atoms with Crippen LogP contribution in [0.4, 0.5) is 23.7 Å². The molecule has 12 heteroatoms. The van der Waals surface area contributed by atoms with E-state index < -0.39 is 35.2 Å². The van der Waals surface area contributed by atoms with Crippen molar-refractivity contribution >= 4 is 57.6 Å². The predicted octanol–water partition coefficient (Wildman–Crippen LogP) is 7.61. The van der Waals surface area contributed by atoms with E-state index in [-0.39, 0.29) is 57.5 Å². The van der Waals surface area contributed by atoms with E-state index in [0.29, 0.717) is 0 Å². The van der Waals surface area contributed by atoms with E-state index in [0.717, 1.165) is 28.8 Å². The zero-order valence-electron chi connectivity index (χ0n) is 21.0. The van der Waals surface area contributed by atoms with Crippen LogP contribution in [0.2, 0.25) is 10.0 Å². The molecule has 0 atom stereocenters. The summed E-state index contributed by atoms with van der Waals surface area (Å²) in [6.45, 7) is 6.54. The Morgan fingerprint density at radius 2 is 1.66 bits per heavy atom. The first-order chi connectivity index (χ1) is 17.6. The van der Waals surface area contributed by atoms with Crippen LogP contribution >= 0.6 is 23.2 Å². The van der Waals surface area contributed by atoms with Crippen molar-refractivity contribution in [2.45, 2.75) is 45.9 Å². The van der Waals surface area contributed by atoms with Gasteiger partial charge in [-0.1, -0.05) is 35.3 Å². The minimum atomic E-state index is -4.52. The lowest BCUT2D eigenvalue weighted by molar-refractivity contribution is -0.137. The third-order valence-corrected chi connectivity index (χ3v) is 5.73. The van der Waals surface area contributed by atoms with Crippen molar-refractivity contribution in [3.8, 4) is 0 Å². The second-order valence-electron chi connectivity index (χ2n) is 9.22. The number of Topliss-reactive ketones (excluding diaryl/α,β-unsaturated/α-hetero) is 1. The Hall–Kier alpha value is -3.24. The van der Waals surface area contributed by atoms with Crippen molar-refractivity contribution in [3.63, 3.8) is 0 Å². The fourth-order valence-electron chi connectivity index (χ4n) is 3.69. The number of hydrogen-bond acceptors (Lipinski definition) is 6. The molecule has 0 unspecified atom stereocenters. The van der Waals surface area contributed by atoms with Crippen molar-refractivity contribution in [2.75, 3.05) is 18.5 Å². The molecule has 3 rings (SSSR count). The van der Waals surface area contributed by atoms with Gasteiger partial charge in [0.15, 0.2) is 11.5 Å². The lowest BCUT2D eigenvalue weighted by atomic mass is 10.1. The van der Waals surface area contributed by atoms with Crippen molar-refractivity contribution in [3.05, 3.63) is 63.3 Å². The van der Waals surface area contributed by atoms with Gasteiger partial charge in [-0.25, -0.2) is 14.2 Å². The summed E-state index contributed by atoms with van der Waals surface area (Å²) in [5, 5.41) is 3.56. The first-order valence-corrected chi connectivity index (χ1v) is 12.3. The molecule has 0 saturated heterocycles. The maximum Gasteiger partial charge on any atom is 0.419 e. The lowest BCUT2D eigenvalue weighted by Gasteiger charge is -2.20. The van der Waals surface area contributed by atoms with E-state index >= 15 is 0 Å². The predicted molar refractivity (Wildman–Crippen MR) is 138 cm³/mol. The molecule has 0 fully saturated rings. The van der Waals surface area contributed by atoms with Gasteiger partial charge in [-0.3, -0.25) is 4.79 Å². The van der Waals surface area contributed by atoms with Crippen LogP contribution in [0.1, 0.15) is 60.5 Å². The normalized spacial score (nSPS) is 11.9. The summed E-state index contributed by atoms with van der Waals surface area (Å²) >= 11 is 12.6. The van der Waals surface area contributed by atoms with E-state index in [1.165, 1.54) is 12.1 Å². The molecule has 0 amide bonds. The third kappa shape index (κ3) is 6.60. The first-order valence-electron chi connectivity index (χ1n) is 11.5. The summed E-state index contributed by atoms with van der Waals surface area (Å²) < 4.78 is 50.1. The van der Waals surface area contributed by atoms with Crippen LogP contribution < -0.4 is 5.32 Å². The summed E-state index contributed by atoms with van der Waals surface area (Å²) in [6.07, 6.45) is -5.53. The number of benzene rings is 2. The number of anilines is 1. The van der Waals surface area contributed by atoms with Gasteiger partial charge in [-0.05, 0) is 52.0 Å². The maximum absolute atomic E-state index is 13.2. The van der Waals surface area contributed by atoms with Gasteiger partial charge in [0, 0.05) is 28.9 Å². The molecular weight excluding hydrogens is 548 g/mol. The molecule has 0 aliphatic heterocycles. The molecule has 38 heavy (non-hydrogen) atoms. The Bertz CT molecular complexity index is 1380. The monoisotopic (exact) mass is 572 g/mol. The second-order valence-corrected chi connectivity index (χ2v) is 10.1. The van der Waals surface area contributed by atoms with E-state index in [1.54, 1.807) is 27.7 Å². The largest absolute Gasteiger partial charge is 0.461 e. The van der Waals surface area contributed by atoms with Gasteiger partial charge >= 0.3 is 18.2 Å². The number of halogens is 5. The van der Waals surface area contributed by atoms with E-state index in [2.05, 4.69) is 5.32 Å². The summed E-state index contributed by atoms with van der Waals surface area (Å²) in [5.41, 5.74) is -1.59. The van der Waals surface area contributed by atoms with Gasteiger partial charge in [-0.15, -0.1) is 0 Å². The fraction of sp³-hybridized carbons (Fsp3) is 0.346. The van der Waals surface area contributed by atoms with Crippen LogP contribution in [-0.2, 0) is 15.7 Å². The minimum Gasteiger partial charge on any atom is -0.461 e. The SMILES string of the molecule is CCOC(=O)c1c(NCCC(=O)c2ccc(C(F)(F)F)cc2)c2c(Cl)cc(Cl)cc2n1C(=O)OC(C)(C)C. The number of fused-ring (bicyclic) bond motifs is 1. The van der Waals surface area contributed by atoms with Gasteiger partial charge in [0.05, 0.1) is 28.4 Å². The summed E-state index contributed by atoms with van der Waals surface area (Å²) in [5.74, 6) is -1.28. The quantitative estimate of drug-likeness (QED) is 0.231. The van der Waals surface area contributed by atoms with Crippen LogP contribution in [-0.4, -0.2) is 41.2 Å². The molecule has 0 aliphatic rings. The average molecular weight is 573 g/mol. The van der Waals surface area contributed by atoms with Gasteiger partial charge in [-0.2, -0.15) is 13.2 Å². The molecule has 0 radical (unpaired) electrons. The molecule has 3 aromatic rings.